The van der Waals surface area contributed by atoms with E-state index in [0.717, 1.165) is 22.5 Å². The predicted octanol–water partition coefficient (Wildman–Crippen LogP) is 3.50. The van der Waals surface area contributed by atoms with Crippen LogP contribution in [-0.4, -0.2) is 17.0 Å². The molecular weight excluding hydrogens is 266 g/mol. The maximum absolute atomic E-state index is 4.68. The Morgan fingerprint density at radius 2 is 2.00 bits per heavy atom. The quantitative estimate of drug-likeness (QED) is 0.923. The zero-order valence-electron chi connectivity index (χ0n) is 9.89. The summed E-state index contributed by atoms with van der Waals surface area (Å²) in [7, 11) is 1.91. The molecule has 1 heterocycles. The maximum Gasteiger partial charge on any atom is 0.144 e. The van der Waals surface area contributed by atoms with Crippen molar-refractivity contribution in [3.8, 4) is 0 Å². The summed E-state index contributed by atoms with van der Waals surface area (Å²) in [6.07, 6.45) is 6.08. The van der Waals surface area contributed by atoms with Crippen molar-refractivity contribution in [2.75, 3.05) is 12.4 Å². The molecular formula is C12H18BrN3. The molecule has 0 radical (unpaired) electrons. The van der Waals surface area contributed by atoms with E-state index in [-0.39, 0.29) is 0 Å². The van der Waals surface area contributed by atoms with Crippen molar-refractivity contribution in [3.05, 3.63) is 16.0 Å². The monoisotopic (exact) mass is 283 g/mol. The molecule has 3 nitrogen and oxygen atoms in total. The van der Waals surface area contributed by atoms with Crippen LogP contribution in [0.15, 0.2) is 4.47 Å². The van der Waals surface area contributed by atoms with E-state index in [4.69, 9.17) is 0 Å². The van der Waals surface area contributed by atoms with Gasteiger partial charge in [-0.1, -0.05) is 19.8 Å². The van der Waals surface area contributed by atoms with Gasteiger partial charge in [-0.2, -0.15) is 0 Å². The van der Waals surface area contributed by atoms with Gasteiger partial charge in [0, 0.05) is 19.4 Å². The van der Waals surface area contributed by atoms with Gasteiger partial charge in [0.05, 0.1) is 10.2 Å². The van der Waals surface area contributed by atoms with E-state index >= 15 is 0 Å². The van der Waals surface area contributed by atoms with Gasteiger partial charge >= 0.3 is 0 Å². The molecule has 4 heteroatoms. The fourth-order valence-electron chi connectivity index (χ4n) is 2.31. The van der Waals surface area contributed by atoms with E-state index in [2.05, 4.69) is 38.1 Å². The summed E-state index contributed by atoms with van der Waals surface area (Å²) in [5.41, 5.74) is 1.20. The molecule has 1 aromatic rings. The molecule has 0 aliphatic heterocycles. The zero-order chi connectivity index (χ0) is 11.5. The van der Waals surface area contributed by atoms with Crippen LogP contribution < -0.4 is 5.32 Å². The van der Waals surface area contributed by atoms with Gasteiger partial charge in [-0.3, -0.25) is 0 Å². The lowest BCUT2D eigenvalue weighted by atomic mass is 10.0. The van der Waals surface area contributed by atoms with Gasteiger partial charge in [0.25, 0.3) is 0 Å². The van der Waals surface area contributed by atoms with Gasteiger partial charge in [0.2, 0.25) is 0 Å². The Morgan fingerprint density at radius 1 is 1.31 bits per heavy atom. The molecule has 2 rings (SSSR count). The molecule has 1 aliphatic carbocycles. The van der Waals surface area contributed by atoms with Crippen molar-refractivity contribution in [2.24, 2.45) is 0 Å². The molecule has 0 spiro atoms. The average molecular weight is 284 g/mol. The predicted molar refractivity (Wildman–Crippen MR) is 69.9 cm³/mol. The third kappa shape index (κ3) is 2.21. The molecule has 0 atom stereocenters. The SMILES string of the molecule is CCc1nc(NC)c(Br)c(C2CCCC2)n1. The second-order valence-electron chi connectivity index (χ2n) is 4.27. The van der Waals surface area contributed by atoms with Gasteiger partial charge in [0.1, 0.15) is 11.6 Å². The Balaban J connectivity index is 2.41. The van der Waals surface area contributed by atoms with Crippen molar-refractivity contribution in [3.63, 3.8) is 0 Å². The summed E-state index contributed by atoms with van der Waals surface area (Å²) >= 11 is 3.63. The number of halogens is 1. The van der Waals surface area contributed by atoms with Gasteiger partial charge in [-0.25, -0.2) is 9.97 Å². The first-order valence-corrected chi connectivity index (χ1v) is 6.79. The minimum absolute atomic E-state index is 0.620. The van der Waals surface area contributed by atoms with Crippen LogP contribution in [0.4, 0.5) is 5.82 Å². The lowest BCUT2D eigenvalue weighted by Crippen LogP contribution is -2.07. The van der Waals surface area contributed by atoms with Gasteiger partial charge in [-0.15, -0.1) is 0 Å². The van der Waals surface area contributed by atoms with Crippen LogP contribution in [0.5, 0.6) is 0 Å². The maximum atomic E-state index is 4.68. The molecule has 1 fully saturated rings. The lowest BCUT2D eigenvalue weighted by Gasteiger charge is -2.14. The average Bonchev–Trinajstić information content (AvgIpc) is 2.83. The third-order valence-electron chi connectivity index (χ3n) is 3.22. The molecule has 0 amide bonds. The topological polar surface area (TPSA) is 37.8 Å². The van der Waals surface area contributed by atoms with E-state index in [1.165, 1.54) is 31.4 Å². The van der Waals surface area contributed by atoms with Crippen LogP contribution in [0, 0.1) is 0 Å². The molecule has 0 bridgehead atoms. The van der Waals surface area contributed by atoms with Crippen LogP contribution >= 0.6 is 15.9 Å². The van der Waals surface area contributed by atoms with Crippen molar-refractivity contribution in [1.29, 1.82) is 0 Å². The molecule has 1 N–H and O–H groups in total. The third-order valence-corrected chi connectivity index (χ3v) is 4.00. The van der Waals surface area contributed by atoms with Crippen LogP contribution in [0.3, 0.4) is 0 Å². The van der Waals surface area contributed by atoms with Crippen LogP contribution in [0.2, 0.25) is 0 Å². The summed E-state index contributed by atoms with van der Waals surface area (Å²) in [6, 6.07) is 0. The summed E-state index contributed by atoms with van der Waals surface area (Å²) in [4.78, 5) is 9.16. The smallest absolute Gasteiger partial charge is 0.144 e. The van der Waals surface area contributed by atoms with E-state index in [0.29, 0.717) is 5.92 Å². The van der Waals surface area contributed by atoms with Gasteiger partial charge in [-0.05, 0) is 28.8 Å². The van der Waals surface area contributed by atoms with Crippen LogP contribution in [0.1, 0.15) is 50.0 Å². The minimum atomic E-state index is 0.620. The van der Waals surface area contributed by atoms with Crippen LogP contribution in [0.25, 0.3) is 0 Å². The van der Waals surface area contributed by atoms with Crippen molar-refractivity contribution in [2.45, 2.75) is 44.9 Å². The van der Waals surface area contributed by atoms with Crippen molar-refractivity contribution >= 4 is 21.7 Å². The molecule has 1 aliphatic rings. The molecule has 16 heavy (non-hydrogen) atoms. The van der Waals surface area contributed by atoms with E-state index in [1.54, 1.807) is 0 Å². The first-order valence-electron chi connectivity index (χ1n) is 6.00. The highest BCUT2D eigenvalue weighted by molar-refractivity contribution is 9.10. The molecule has 88 valence electrons. The first-order chi connectivity index (χ1) is 7.76. The highest BCUT2D eigenvalue weighted by Crippen LogP contribution is 2.38. The van der Waals surface area contributed by atoms with Crippen molar-refractivity contribution < 1.29 is 0 Å². The summed E-state index contributed by atoms with van der Waals surface area (Å²) in [5, 5.41) is 3.14. The lowest BCUT2D eigenvalue weighted by molar-refractivity contribution is 0.680. The number of aryl methyl sites for hydroxylation is 1. The second-order valence-corrected chi connectivity index (χ2v) is 5.07. The van der Waals surface area contributed by atoms with E-state index < -0.39 is 0 Å². The molecule has 0 aromatic carbocycles. The number of nitrogens with one attached hydrogen (secondary N) is 1. The Labute approximate surface area is 105 Å². The molecule has 0 unspecified atom stereocenters. The number of anilines is 1. The fourth-order valence-corrected chi connectivity index (χ4v) is 3.01. The first kappa shape index (κ1) is 11.8. The number of aromatic nitrogens is 2. The largest absolute Gasteiger partial charge is 0.372 e. The second kappa shape index (κ2) is 5.13. The summed E-state index contributed by atoms with van der Waals surface area (Å²) < 4.78 is 1.05. The molecule has 1 aromatic heterocycles. The normalized spacial score (nSPS) is 16.7. The van der Waals surface area contributed by atoms with Crippen molar-refractivity contribution in [1.82, 2.24) is 9.97 Å². The Bertz CT molecular complexity index is 373. The number of rotatable bonds is 3. The number of hydrogen-bond donors (Lipinski definition) is 1. The van der Waals surface area contributed by atoms with Gasteiger partial charge < -0.3 is 5.32 Å². The molecule has 1 saturated carbocycles. The van der Waals surface area contributed by atoms with Gasteiger partial charge in [0.15, 0.2) is 0 Å². The van der Waals surface area contributed by atoms with Crippen LogP contribution in [-0.2, 0) is 6.42 Å². The number of hydrogen-bond acceptors (Lipinski definition) is 3. The summed E-state index contributed by atoms with van der Waals surface area (Å²) in [5.74, 6) is 2.48. The van der Waals surface area contributed by atoms with E-state index in [1.807, 2.05) is 7.05 Å². The zero-order valence-corrected chi connectivity index (χ0v) is 11.5. The number of nitrogens with zero attached hydrogens (tertiary/aromatic N) is 2. The summed E-state index contributed by atoms with van der Waals surface area (Å²) in [6.45, 7) is 2.10. The Hall–Kier alpha value is -0.640. The highest BCUT2D eigenvalue weighted by atomic mass is 79.9. The highest BCUT2D eigenvalue weighted by Gasteiger charge is 2.23. The Morgan fingerprint density at radius 3 is 2.56 bits per heavy atom. The molecule has 0 saturated heterocycles. The Kier molecular flexibility index (Phi) is 3.79. The van der Waals surface area contributed by atoms with E-state index in [9.17, 15) is 0 Å². The standard InChI is InChI=1S/C12H18BrN3/c1-3-9-15-11(8-6-4-5-7-8)10(13)12(14-2)16-9/h8H,3-7H2,1-2H3,(H,14,15,16). The fraction of sp³-hybridized carbons (Fsp3) is 0.667. The minimum Gasteiger partial charge on any atom is -0.372 e.